The highest BCUT2D eigenvalue weighted by molar-refractivity contribution is 7.14. The van der Waals surface area contributed by atoms with Gasteiger partial charge in [-0.3, -0.25) is 5.32 Å². The molecule has 0 aromatic carbocycles. The van der Waals surface area contributed by atoms with Crippen LogP contribution in [0.25, 0.3) is 0 Å². The molecule has 1 amide bonds. The Labute approximate surface area is 125 Å². The van der Waals surface area contributed by atoms with Crippen LogP contribution >= 0.6 is 11.3 Å². The van der Waals surface area contributed by atoms with Crippen molar-refractivity contribution in [3.63, 3.8) is 0 Å². The topological polar surface area (TPSA) is 110 Å². The number of anilines is 1. The van der Waals surface area contributed by atoms with Gasteiger partial charge in [0.05, 0.1) is 0 Å². The fourth-order valence-electron chi connectivity index (χ4n) is 1.16. The maximum absolute atomic E-state index is 11.7. The molecule has 116 valence electrons. The van der Waals surface area contributed by atoms with Crippen molar-refractivity contribution in [2.45, 2.75) is 32.8 Å². The van der Waals surface area contributed by atoms with Crippen LogP contribution in [0.2, 0.25) is 0 Å². The van der Waals surface area contributed by atoms with Gasteiger partial charge in [-0.15, -0.1) is 11.3 Å². The lowest BCUT2D eigenvalue weighted by Gasteiger charge is -2.22. The first-order chi connectivity index (χ1) is 9.79. The van der Waals surface area contributed by atoms with Crippen molar-refractivity contribution in [1.82, 2.24) is 4.98 Å². The number of ether oxygens (including phenoxy) is 1. The average molecular weight is 315 g/mol. The Hall–Kier alpha value is -2.16. The highest BCUT2D eigenvalue weighted by atomic mass is 32.1. The van der Waals surface area contributed by atoms with E-state index in [1.807, 2.05) is 6.92 Å². The molecule has 0 radical (unpaired) electrons. The van der Waals surface area contributed by atoms with Crippen molar-refractivity contribution in [3.05, 3.63) is 11.1 Å². The monoisotopic (exact) mass is 315 g/mol. The summed E-state index contributed by atoms with van der Waals surface area (Å²) in [7, 11) is 1.23. The maximum Gasteiger partial charge on any atom is 0.413 e. The zero-order chi connectivity index (χ0) is 16.0. The molecule has 0 spiro atoms. The fraction of sp³-hybridized carbons (Fsp3) is 0.500. The zero-order valence-corrected chi connectivity index (χ0v) is 13.0. The third-order valence-electron chi connectivity index (χ3n) is 2.56. The number of thiazole rings is 1. The number of carboxylic acids is 1. The largest absolute Gasteiger partial charge is 0.476 e. The predicted molar refractivity (Wildman–Crippen MR) is 77.8 cm³/mol. The minimum atomic E-state index is -1.27. The standard InChI is InChI=1S/C12H17N3O5S/c1-5-12(2,3)20-11(18)14-10-13-7(6-21-10)8(9(16)17)15-19-4/h6H,5H2,1-4H3,(H,16,17)(H,13,14,18)/b15-8+. The van der Waals surface area contributed by atoms with Gasteiger partial charge in [-0.1, -0.05) is 12.1 Å². The van der Waals surface area contributed by atoms with E-state index in [4.69, 9.17) is 9.84 Å². The van der Waals surface area contributed by atoms with Gasteiger partial charge in [0.1, 0.15) is 18.4 Å². The van der Waals surface area contributed by atoms with Crippen molar-refractivity contribution in [2.24, 2.45) is 5.16 Å². The number of hydrogen-bond acceptors (Lipinski definition) is 7. The Morgan fingerprint density at radius 2 is 2.19 bits per heavy atom. The number of oxime groups is 1. The lowest BCUT2D eigenvalue weighted by molar-refractivity contribution is -0.129. The molecule has 1 aromatic heterocycles. The molecule has 1 heterocycles. The average Bonchev–Trinajstić information content (AvgIpc) is 2.82. The Morgan fingerprint density at radius 1 is 1.52 bits per heavy atom. The number of nitrogens with zero attached hydrogens (tertiary/aromatic N) is 2. The Kier molecular flexibility index (Phi) is 5.65. The van der Waals surface area contributed by atoms with Crippen LogP contribution in [0.3, 0.4) is 0 Å². The predicted octanol–water partition coefficient (Wildman–Crippen LogP) is 2.32. The molecule has 9 heteroatoms. The van der Waals surface area contributed by atoms with Gasteiger partial charge < -0.3 is 14.7 Å². The summed E-state index contributed by atoms with van der Waals surface area (Å²) in [4.78, 5) is 31.1. The molecule has 0 atom stereocenters. The Balaban J connectivity index is 2.78. The first-order valence-electron chi connectivity index (χ1n) is 6.09. The minimum Gasteiger partial charge on any atom is -0.476 e. The number of nitrogens with one attached hydrogen (secondary N) is 1. The van der Waals surface area contributed by atoms with Crippen LogP contribution in [-0.2, 0) is 14.4 Å². The summed E-state index contributed by atoms with van der Waals surface area (Å²) in [5.41, 5.74) is -0.836. The molecular weight excluding hydrogens is 298 g/mol. The van der Waals surface area contributed by atoms with Gasteiger partial charge in [0.15, 0.2) is 5.13 Å². The number of rotatable bonds is 6. The van der Waals surface area contributed by atoms with Crippen molar-refractivity contribution in [2.75, 3.05) is 12.4 Å². The van der Waals surface area contributed by atoms with E-state index in [1.54, 1.807) is 13.8 Å². The molecule has 0 aliphatic rings. The third kappa shape index (κ3) is 5.03. The second-order valence-electron chi connectivity index (χ2n) is 4.59. The van der Waals surface area contributed by atoms with E-state index in [0.29, 0.717) is 6.42 Å². The van der Waals surface area contributed by atoms with Crippen LogP contribution in [0.4, 0.5) is 9.93 Å². The van der Waals surface area contributed by atoms with E-state index in [1.165, 1.54) is 12.5 Å². The molecule has 1 rings (SSSR count). The smallest absolute Gasteiger partial charge is 0.413 e. The molecule has 0 aliphatic carbocycles. The van der Waals surface area contributed by atoms with Crippen LogP contribution in [0.1, 0.15) is 32.9 Å². The van der Waals surface area contributed by atoms with E-state index in [0.717, 1.165) is 11.3 Å². The Bertz CT molecular complexity index is 553. The number of aromatic nitrogens is 1. The highest BCUT2D eigenvalue weighted by Crippen LogP contribution is 2.19. The van der Waals surface area contributed by atoms with Crippen LogP contribution in [0.15, 0.2) is 10.5 Å². The third-order valence-corrected chi connectivity index (χ3v) is 3.32. The second-order valence-corrected chi connectivity index (χ2v) is 5.45. The number of carbonyl (C=O) groups excluding carboxylic acids is 1. The van der Waals surface area contributed by atoms with E-state index >= 15 is 0 Å². The summed E-state index contributed by atoms with van der Waals surface area (Å²) in [5, 5.41) is 16.5. The van der Waals surface area contributed by atoms with Gasteiger partial charge in [-0.2, -0.15) is 0 Å². The maximum atomic E-state index is 11.7. The van der Waals surface area contributed by atoms with Crippen LogP contribution in [0.5, 0.6) is 0 Å². The zero-order valence-electron chi connectivity index (χ0n) is 12.2. The molecule has 0 aliphatic heterocycles. The first-order valence-corrected chi connectivity index (χ1v) is 6.97. The quantitative estimate of drug-likeness (QED) is 0.615. The van der Waals surface area contributed by atoms with E-state index < -0.39 is 17.7 Å². The van der Waals surface area contributed by atoms with Crippen LogP contribution in [-0.4, -0.2) is 40.6 Å². The normalized spacial score (nSPS) is 11.9. The molecule has 0 bridgehead atoms. The van der Waals surface area contributed by atoms with E-state index in [-0.39, 0.29) is 16.5 Å². The molecule has 8 nitrogen and oxygen atoms in total. The molecule has 0 saturated heterocycles. The molecule has 21 heavy (non-hydrogen) atoms. The van der Waals surface area contributed by atoms with Crippen molar-refractivity contribution in [1.29, 1.82) is 0 Å². The number of amides is 1. The lowest BCUT2D eigenvalue weighted by Crippen LogP contribution is -2.29. The van der Waals surface area contributed by atoms with Crippen molar-refractivity contribution in [3.8, 4) is 0 Å². The van der Waals surface area contributed by atoms with Crippen molar-refractivity contribution >= 4 is 34.2 Å². The first kappa shape index (κ1) is 16.9. The summed E-state index contributed by atoms with van der Waals surface area (Å²) >= 11 is 1.06. The van der Waals surface area contributed by atoms with Gasteiger partial charge in [-0.25, -0.2) is 14.6 Å². The molecule has 1 aromatic rings. The molecule has 0 saturated carbocycles. The summed E-state index contributed by atoms with van der Waals surface area (Å²) < 4.78 is 5.20. The van der Waals surface area contributed by atoms with Crippen LogP contribution in [0, 0.1) is 0 Å². The second kappa shape index (κ2) is 7.02. The minimum absolute atomic E-state index is 0.0967. The van der Waals surface area contributed by atoms with Crippen LogP contribution < -0.4 is 5.32 Å². The van der Waals surface area contributed by atoms with Gasteiger partial charge in [0, 0.05) is 5.38 Å². The number of aliphatic carboxylic acids is 1. The highest BCUT2D eigenvalue weighted by Gasteiger charge is 2.22. The molecule has 2 N–H and O–H groups in total. The lowest BCUT2D eigenvalue weighted by atomic mass is 10.1. The summed E-state index contributed by atoms with van der Waals surface area (Å²) in [6.45, 7) is 5.47. The van der Waals surface area contributed by atoms with E-state index in [2.05, 4.69) is 20.3 Å². The molecule has 0 unspecified atom stereocenters. The SMILES string of the molecule is CCC(C)(C)OC(=O)Nc1nc(/C(=N\OC)C(=O)O)cs1. The summed E-state index contributed by atoms with van der Waals surface area (Å²) in [6.07, 6.45) is 0.0102. The van der Waals surface area contributed by atoms with Gasteiger partial charge in [-0.05, 0) is 20.3 Å². The fourth-order valence-corrected chi connectivity index (χ4v) is 1.84. The van der Waals surface area contributed by atoms with E-state index in [9.17, 15) is 9.59 Å². The van der Waals surface area contributed by atoms with Gasteiger partial charge >= 0.3 is 12.1 Å². The molecule has 0 fully saturated rings. The summed E-state index contributed by atoms with van der Waals surface area (Å²) in [6, 6.07) is 0. The Morgan fingerprint density at radius 3 is 2.71 bits per heavy atom. The molecular formula is C12H17N3O5S. The van der Waals surface area contributed by atoms with Gasteiger partial charge in [0.25, 0.3) is 0 Å². The summed E-state index contributed by atoms with van der Waals surface area (Å²) in [5.74, 6) is -1.27. The number of hydrogen-bond donors (Lipinski definition) is 2. The number of carbonyl (C=O) groups is 2. The van der Waals surface area contributed by atoms with Gasteiger partial charge in [0.2, 0.25) is 5.71 Å². The number of carboxylic acid groups (broad SMARTS) is 1. The van der Waals surface area contributed by atoms with Crippen molar-refractivity contribution < 1.29 is 24.3 Å².